The molecule has 0 radical (unpaired) electrons. The lowest BCUT2D eigenvalue weighted by atomic mass is 10.00. The molecule has 1 aliphatic heterocycles. The van der Waals surface area contributed by atoms with Gasteiger partial charge in [0, 0.05) is 30.0 Å². The molecule has 1 saturated carbocycles. The van der Waals surface area contributed by atoms with Crippen molar-refractivity contribution < 1.29 is 9.84 Å². The summed E-state index contributed by atoms with van der Waals surface area (Å²) in [6, 6.07) is 6.10. The van der Waals surface area contributed by atoms with Gasteiger partial charge in [-0.3, -0.25) is 4.90 Å². The number of hydrogen-bond acceptors (Lipinski definition) is 3. The Labute approximate surface area is 122 Å². The molecule has 104 valence electrons. The first-order valence-corrected chi connectivity index (χ1v) is 7.69. The van der Waals surface area contributed by atoms with Crippen LogP contribution in [0.3, 0.4) is 0 Å². The van der Waals surface area contributed by atoms with E-state index in [4.69, 9.17) is 4.74 Å². The highest BCUT2D eigenvalue weighted by Gasteiger charge is 2.41. The molecule has 19 heavy (non-hydrogen) atoms. The number of fused-ring (bicyclic) bond motifs is 1. The molecular weight excluding hydrogens is 306 g/mol. The van der Waals surface area contributed by atoms with Crippen LogP contribution in [-0.2, 0) is 6.54 Å². The summed E-state index contributed by atoms with van der Waals surface area (Å²) >= 11 is 3.61. The van der Waals surface area contributed by atoms with Gasteiger partial charge in [-0.15, -0.1) is 0 Å². The lowest BCUT2D eigenvalue weighted by Crippen LogP contribution is -2.24. The number of aliphatic hydroxyl groups excluding tert-OH is 1. The Kier molecular flexibility index (Phi) is 3.83. The SMILES string of the molecule is COc1ccc(Br)c(CN2CC3CCC(O)C3C2)c1. The van der Waals surface area contributed by atoms with Gasteiger partial charge in [0.25, 0.3) is 0 Å². The predicted molar refractivity (Wildman–Crippen MR) is 78.2 cm³/mol. The maximum Gasteiger partial charge on any atom is 0.119 e. The van der Waals surface area contributed by atoms with Crippen molar-refractivity contribution in [2.24, 2.45) is 11.8 Å². The minimum absolute atomic E-state index is 0.0799. The van der Waals surface area contributed by atoms with Crippen molar-refractivity contribution in [1.82, 2.24) is 4.90 Å². The molecule has 0 spiro atoms. The predicted octanol–water partition coefficient (Wildman–Crippen LogP) is 2.66. The van der Waals surface area contributed by atoms with Gasteiger partial charge in [0.15, 0.2) is 0 Å². The van der Waals surface area contributed by atoms with Crippen molar-refractivity contribution in [3.8, 4) is 5.75 Å². The van der Waals surface area contributed by atoms with Crippen molar-refractivity contribution in [1.29, 1.82) is 0 Å². The minimum Gasteiger partial charge on any atom is -0.497 e. The Morgan fingerprint density at radius 3 is 2.95 bits per heavy atom. The van der Waals surface area contributed by atoms with Crippen LogP contribution >= 0.6 is 15.9 Å². The standard InChI is InChI=1S/C15H20BrNO2/c1-19-12-3-4-14(16)11(6-12)8-17-7-10-2-5-15(18)13(10)9-17/h3-4,6,10,13,15,18H,2,5,7-9H2,1H3. The smallest absolute Gasteiger partial charge is 0.119 e. The van der Waals surface area contributed by atoms with Crippen LogP contribution in [0.25, 0.3) is 0 Å². The molecule has 3 nitrogen and oxygen atoms in total. The normalized spacial score (nSPS) is 30.6. The Bertz CT molecular complexity index is 465. The first-order valence-electron chi connectivity index (χ1n) is 6.90. The van der Waals surface area contributed by atoms with Crippen molar-refractivity contribution in [3.05, 3.63) is 28.2 Å². The second-order valence-corrected chi connectivity index (χ2v) is 6.57. The zero-order chi connectivity index (χ0) is 13.4. The summed E-state index contributed by atoms with van der Waals surface area (Å²) in [5, 5.41) is 9.96. The molecule has 1 saturated heterocycles. The van der Waals surface area contributed by atoms with Gasteiger partial charge in [-0.05, 0) is 42.5 Å². The number of halogens is 1. The maximum absolute atomic E-state index is 9.96. The van der Waals surface area contributed by atoms with E-state index >= 15 is 0 Å². The molecule has 0 aromatic heterocycles. The van der Waals surface area contributed by atoms with Gasteiger partial charge in [0.05, 0.1) is 13.2 Å². The Morgan fingerprint density at radius 2 is 2.21 bits per heavy atom. The van der Waals surface area contributed by atoms with Crippen LogP contribution < -0.4 is 4.74 Å². The van der Waals surface area contributed by atoms with Gasteiger partial charge < -0.3 is 9.84 Å². The highest BCUT2D eigenvalue weighted by atomic mass is 79.9. The van der Waals surface area contributed by atoms with E-state index in [0.717, 1.165) is 36.3 Å². The second-order valence-electron chi connectivity index (χ2n) is 5.72. The van der Waals surface area contributed by atoms with Gasteiger partial charge in [-0.2, -0.15) is 0 Å². The highest BCUT2D eigenvalue weighted by molar-refractivity contribution is 9.10. The molecular formula is C15H20BrNO2. The Balaban J connectivity index is 1.69. The molecule has 3 unspecified atom stereocenters. The van der Waals surface area contributed by atoms with Crippen LogP contribution in [-0.4, -0.2) is 36.3 Å². The topological polar surface area (TPSA) is 32.7 Å². The first-order chi connectivity index (χ1) is 9.17. The molecule has 4 heteroatoms. The third-order valence-corrected chi connectivity index (χ3v) is 5.32. The molecule has 1 aromatic rings. The summed E-state index contributed by atoms with van der Waals surface area (Å²) in [7, 11) is 1.70. The van der Waals surface area contributed by atoms with E-state index in [1.165, 1.54) is 12.0 Å². The van der Waals surface area contributed by atoms with E-state index in [2.05, 4.69) is 26.9 Å². The Morgan fingerprint density at radius 1 is 1.37 bits per heavy atom. The third-order valence-electron chi connectivity index (χ3n) is 4.54. The third kappa shape index (κ3) is 2.67. The average Bonchev–Trinajstić information content (AvgIpc) is 2.95. The summed E-state index contributed by atoms with van der Waals surface area (Å²) in [4.78, 5) is 2.46. The largest absolute Gasteiger partial charge is 0.497 e. The van der Waals surface area contributed by atoms with Crippen molar-refractivity contribution in [3.63, 3.8) is 0 Å². The van der Waals surface area contributed by atoms with Gasteiger partial charge >= 0.3 is 0 Å². The van der Waals surface area contributed by atoms with Crippen LogP contribution in [0, 0.1) is 11.8 Å². The summed E-state index contributed by atoms with van der Waals surface area (Å²) in [6.45, 7) is 3.07. The fraction of sp³-hybridized carbons (Fsp3) is 0.600. The number of methoxy groups -OCH3 is 1. The molecule has 1 aromatic carbocycles. The van der Waals surface area contributed by atoms with Gasteiger partial charge in [-0.1, -0.05) is 15.9 Å². The molecule has 3 atom stereocenters. The number of likely N-dealkylation sites (tertiary alicyclic amines) is 1. The summed E-state index contributed by atoms with van der Waals surface area (Å²) in [6.07, 6.45) is 2.09. The van der Waals surface area contributed by atoms with E-state index < -0.39 is 0 Å². The zero-order valence-corrected chi connectivity index (χ0v) is 12.8. The van der Waals surface area contributed by atoms with E-state index in [0.29, 0.717) is 11.8 Å². The second kappa shape index (κ2) is 5.43. The molecule has 0 bridgehead atoms. The van der Waals surface area contributed by atoms with Crippen LogP contribution in [0.2, 0.25) is 0 Å². The molecule has 1 aliphatic carbocycles. The quantitative estimate of drug-likeness (QED) is 0.927. The number of ether oxygens (including phenoxy) is 1. The number of aliphatic hydroxyl groups is 1. The molecule has 1 N–H and O–H groups in total. The van der Waals surface area contributed by atoms with Crippen LogP contribution in [0.5, 0.6) is 5.75 Å². The summed E-state index contributed by atoms with van der Waals surface area (Å²) < 4.78 is 6.42. The molecule has 0 amide bonds. The highest BCUT2D eigenvalue weighted by Crippen LogP contribution is 2.39. The monoisotopic (exact) mass is 325 g/mol. The average molecular weight is 326 g/mol. The summed E-state index contributed by atoms with van der Waals surface area (Å²) in [5.41, 5.74) is 1.26. The van der Waals surface area contributed by atoms with Crippen molar-refractivity contribution in [2.75, 3.05) is 20.2 Å². The van der Waals surface area contributed by atoms with Gasteiger partial charge in [-0.25, -0.2) is 0 Å². The molecule has 1 heterocycles. The fourth-order valence-electron chi connectivity index (χ4n) is 3.50. The lowest BCUT2D eigenvalue weighted by molar-refractivity contribution is 0.123. The van der Waals surface area contributed by atoms with Crippen molar-refractivity contribution in [2.45, 2.75) is 25.5 Å². The molecule has 2 fully saturated rings. The summed E-state index contributed by atoms with van der Waals surface area (Å²) in [5.74, 6) is 2.08. The van der Waals surface area contributed by atoms with E-state index in [1.54, 1.807) is 7.11 Å². The van der Waals surface area contributed by atoms with Crippen LogP contribution in [0.4, 0.5) is 0 Å². The fourth-order valence-corrected chi connectivity index (χ4v) is 3.87. The maximum atomic E-state index is 9.96. The van der Waals surface area contributed by atoms with Crippen LogP contribution in [0.15, 0.2) is 22.7 Å². The van der Waals surface area contributed by atoms with Crippen LogP contribution in [0.1, 0.15) is 18.4 Å². The number of nitrogens with zero attached hydrogens (tertiary/aromatic N) is 1. The zero-order valence-electron chi connectivity index (χ0n) is 11.2. The number of hydrogen-bond donors (Lipinski definition) is 1. The molecule has 2 aliphatic rings. The van der Waals surface area contributed by atoms with E-state index in [1.807, 2.05) is 12.1 Å². The number of rotatable bonds is 3. The van der Waals surface area contributed by atoms with E-state index in [9.17, 15) is 5.11 Å². The van der Waals surface area contributed by atoms with Crippen molar-refractivity contribution >= 4 is 15.9 Å². The number of benzene rings is 1. The van der Waals surface area contributed by atoms with E-state index in [-0.39, 0.29) is 6.10 Å². The Hall–Kier alpha value is -0.580. The van der Waals surface area contributed by atoms with Gasteiger partial charge in [0.1, 0.15) is 5.75 Å². The molecule has 3 rings (SSSR count). The van der Waals surface area contributed by atoms with Gasteiger partial charge in [0.2, 0.25) is 0 Å². The minimum atomic E-state index is -0.0799. The first kappa shape index (κ1) is 13.4. The lowest BCUT2D eigenvalue weighted by Gasteiger charge is -2.19.